The van der Waals surface area contributed by atoms with Crippen molar-refractivity contribution >= 4 is 28.8 Å². The Balaban J connectivity index is 2.71. The number of rotatable bonds is 6. The van der Waals surface area contributed by atoms with E-state index in [1.54, 1.807) is 18.2 Å². The van der Waals surface area contributed by atoms with E-state index in [0.717, 1.165) is 0 Å². The van der Waals surface area contributed by atoms with Crippen molar-refractivity contribution in [1.29, 1.82) is 0 Å². The van der Waals surface area contributed by atoms with E-state index in [1.807, 2.05) is 6.92 Å². The van der Waals surface area contributed by atoms with Crippen LogP contribution in [0.15, 0.2) is 18.2 Å². The van der Waals surface area contributed by atoms with Gasteiger partial charge >= 0.3 is 0 Å². The Morgan fingerprint density at radius 2 is 2.19 bits per heavy atom. The van der Waals surface area contributed by atoms with Gasteiger partial charge in [0.05, 0.1) is 17.2 Å². The van der Waals surface area contributed by atoms with Crippen LogP contribution < -0.4 is 10.5 Å². The molecule has 1 aromatic rings. The Bertz CT molecular complexity index is 371. The number of nitrogens with two attached hydrogens (primary N) is 1. The molecule has 0 atom stereocenters. The van der Waals surface area contributed by atoms with E-state index in [9.17, 15) is 0 Å². The molecule has 1 rings (SSSR count). The summed E-state index contributed by atoms with van der Waals surface area (Å²) in [7, 11) is 0. The fourth-order valence-electron chi connectivity index (χ4n) is 1.22. The summed E-state index contributed by atoms with van der Waals surface area (Å²) in [6, 6.07) is 5.30. The normalized spacial score (nSPS) is 10.1. The van der Waals surface area contributed by atoms with Gasteiger partial charge < -0.3 is 15.2 Å². The van der Waals surface area contributed by atoms with E-state index in [-0.39, 0.29) is 4.99 Å². The third-order valence-corrected chi connectivity index (χ3v) is 2.43. The van der Waals surface area contributed by atoms with Crippen LogP contribution in [0.5, 0.6) is 5.75 Å². The highest BCUT2D eigenvalue weighted by Gasteiger charge is 2.10. The van der Waals surface area contributed by atoms with Gasteiger partial charge in [-0.05, 0) is 19.1 Å². The van der Waals surface area contributed by atoms with Gasteiger partial charge in [-0.25, -0.2) is 0 Å². The zero-order valence-corrected chi connectivity index (χ0v) is 10.6. The van der Waals surface area contributed by atoms with E-state index in [4.69, 9.17) is 39.0 Å². The minimum atomic E-state index is 0.233. The predicted molar refractivity (Wildman–Crippen MR) is 69.3 cm³/mol. The first kappa shape index (κ1) is 13.2. The monoisotopic (exact) mass is 259 g/mol. The molecule has 0 aliphatic rings. The Kier molecular flexibility index (Phi) is 5.52. The van der Waals surface area contributed by atoms with Crippen molar-refractivity contribution in [1.82, 2.24) is 0 Å². The average Bonchev–Trinajstić information content (AvgIpc) is 2.24. The molecule has 0 saturated heterocycles. The maximum absolute atomic E-state index is 5.99. The number of benzene rings is 1. The van der Waals surface area contributed by atoms with E-state index in [2.05, 4.69) is 0 Å². The van der Waals surface area contributed by atoms with Gasteiger partial charge in [-0.15, -0.1) is 0 Å². The molecule has 0 aliphatic heterocycles. The van der Waals surface area contributed by atoms with Crippen molar-refractivity contribution in [3.63, 3.8) is 0 Å². The van der Waals surface area contributed by atoms with Crippen molar-refractivity contribution < 1.29 is 9.47 Å². The van der Waals surface area contributed by atoms with Crippen LogP contribution >= 0.6 is 23.8 Å². The summed E-state index contributed by atoms with van der Waals surface area (Å²) in [5.41, 5.74) is 6.16. The Hall–Kier alpha value is -0.840. The molecule has 0 aliphatic carbocycles. The molecule has 88 valence electrons. The molecule has 1 aromatic carbocycles. The minimum absolute atomic E-state index is 0.233. The molecule has 16 heavy (non-hydrogen) atoms. The van der Waals surface area contributed by atoms with Gasteiger partial charge in [0, 0.05) is 6.61 Å². The molecule has 0 aromatic heterocycles. The van der Waals surface area contributed by atoms with Crippen LogP contribution in [-0.4, -0.2) is 24.8 Å². The molecule has 0 amide bonds. The summed E-state index contributed by atoms with van der Waals surface area (Å²) >= 11 is 10.9. The SMILES string of the molecule is CCOCCOc1cccc(Cl)c1C(N)=S. The Morgan fingerprint density at radius 1 is 1.44 bits per heavy atom. The van der Waals surface area contributed by atoms with Gasteiger partial charge in [-0.3, -0.25) is 0 Å². The summed E-state index contributed by atoms with van der Waals surface area (Å²) in [4.78, 5) is 0.233. The predicted octanol–water partition coefficient (Wildman–Crippen LogP) is 2.39. The van der Waals surface area contributed by atoms with Crippen LogP contribution in [0.2, 0.25) is 5.02 Å². The highest BCUT2D eigenvalue weighted by molar-refractivity contribution is 7.80. The van der Waals surface area contributed by atoms with Gasteiger partial charge in [0.2, 0.25) is 0 Å². The summed E-state index contributed by atoms with van der Waals surface area (Å²) in [6.45, 7) is 3.57. The van der Waals surface area contributed by atoms with Gasteiger partial charge in [0.1, 0.15) is 17.3 Å². The minimum Gasteiger partial charge on any atom is -0.490 e. The fourth-order valence-corrected chi connectivity index (χ4v) is 1.75. The van der Waals surface area contributed by atoms with Crippen LogP contribution in [0.25, 0.3) is 0 Å². The lowest BCUT2D eigenvalue weighted by molar-refractivity contribution is 0.110. The summed E-state index contributed by atoms with van der Waals surface area (Å²) < 4.78 is 10.7. The molecule has 0 radical (unpaired) electrons. The largest absolute Gasteiger partial charge is 0.490 e. The maximum atomic E-state index is 5.99. The topological polar surface area (TPSA) is 44.5 Å². The molecule has 0 fully saturated rings. The highest BCUT2D eigenvalue weighted by atomic mass is 35.5. The smallest absolute Gasteiger partial charge is 0.131 e. The fraction of sp³-hybridized carbons (Fsp3) is 0.364. The van der Waals surface area contributed by atoms with Crippen molar-refractivity contribution in [2.75, 3.05) is 19.8 Å². The molecular formula is C11H14ClNO2S. The molecule has 0 unspecified atom stereocenters. The molecular weight excluding hydrogens is 246 g/mol. The Labute approximate surface area is 105 Å². The molecule has 0 bridgehead atoms. The van der Waals surface area contributed by atoms with Gasteiger partial charge in [0.25, 0.3) is 0 Å². The van der Waals surface area contributed by atoms with E-state index in [0.29, 0.717) is 36.2 Å². The quantitative estimate of drug-likeness (QED) is 0.629. The maximum Gasteiger partial charge on any atom is 0.131 e. The second-order valence-corrected chi connectivity index (χ2v) is 3.87. The van der Waals surface area contributed by atoms with Crippen molar-refractivity contribution in [3.05, 3.63) is 28.8 Å². The third-order valence-electron chi connectivity index (χ3n) is 1.91. The summed E-state index contributed by atoms with van der Waals surface area (Å²) in [6.07, 6.45) is 0. The van der Waals surface area contributed by atoms with E-state index in [1.165, 1.54) is 0 Å². The van der Waals surface area contributed by atoms with Crippen LogP contribution in [0.1, 0.15) is 12.5 Å². The van der Waals surface area contributed by atoms with Crippen molar-refractivity contribution in [2.24, 2.45) is 5.73 Å². The molecule has 3 nitrogen and oxygen atoms in total. The molecule has 5 heteroatoms. The van der Waals surface area contributed by atoms with Crippen molar-refractivity contribution in [3.8, 4) is 5.75 Å². The van der Waals surface area contributed by atoms with Crippen LogP contribution in [-0.2, 0) is 4.74 Å². The first-order chi connectivity index (χ1) is 7.66. The zero-order chi connectivity index (χ0) is 12.0. The average molecular weight is 260 g/mol. The lowest BCUT2D eigenvalue weighted by Gasteiger charge is -2.11. The first-order valence-electron chi connectivity index (χ1n) is 4.95. The first-order valence-corrected chi connectivity index (χ1v) is 5.74. The summed E-state index contributed by atoms with van der Waals surface area (Å²) in [5.74, 6) is 0.597. The van der Waals surface area contributed by atoms with Crippen LogP contribution in [0.3, 0.4) is 0 Å². The molecule has 0 heterocycles. The summed E-state index contributed by atoms with van der Waals surface area (Å²) in [5, 5.41) is 0.501. The van der Waals surface area contributed by atoms with Crippen LogP contribution in [0, 0.1) is 0 Å². The van der Waals surface area contributed by atoms with Crippen LogP contribution in [0.4, 0.5) is 0 Å². The zero-order valence-electron chi connectivity index (χ0n) is 9.03. The number of ether oxygens (including phenoxy) is 2. The Morgan fingerprint density at radius 3 is 2.81 bits per heavy atom. The highest BCUT2D eigenvalue weighted by Crippen LogP contribution is 2.26. The van der Waals surface area contributed by atoms with Crippen molar-refractivity contribution in [2.45, 2.75) is 6.92 Å². The molecule has 0 saturated carbocycles. The third kappa shape index (κ3) is 3.63. The van der Waals surface area contributed by atoms with Gasteiger partial charge in [-0.1, -0.05) is 29.9 Å². The second kappa shape index (κ2) is 6.68. The number of hydrogen-bond acceptors (Lipinski definition) is 3. The molecule has 2 N–H and O–H groups in total. The second-order valence-electron chi connectivity index (χ2n) is 3.02. The lowest BCUT2D eigenvalue weighted by Crippen LogP contribution is -2.14. The number of thiocarbonyl (C=S) groups is 1. The lowest BCUT2D eigenvalue weighted by atomic mass is 10.2. The number of halogens is 1. The van der Waals surface area contributed by atoms with E-state index >= 15 is 0 Å². The number of hydrogen-bond donors (Lipinski definition) is 1. The molecule has 0 spiro atoms. The standard InChI is InChI=1S/C11H14ClNO2S/c1-2-14-6-7-15-9-5-3-4-8(12)10(9)11(13)16/h3-5H,2,6-7H2,1H3,(H2,13,16). The van der Waals surface area contributed by atoms with E-state index < -0.39 is 0 Å². The van der Waals surface area contributed by atoms with Gasteiger partial charge in [0.15, 0.2) is 0 Å². The van der Waals surface area contributed by atoms with Gasteiger partial charge in [-0.2, -0.15) is 0 Å².